The Hall–Kier alpha value is -0.570. The standard InChI is InChI=1S/C11H23N3O3.HI/c1-4-17-10(15)6-5-7-13-11(12)14-9(2)8-16-3;/h9H,4-8H2,1-3H3,(H3,12,13,14);1H. The third-order valence-corrected chi connectivity index (χ3v) is 1.94. The van der Waals surface area contributed by atoms with Crippen LogP contribution in [0.4, 0.5) is 0 Å². The van der Waals surface area contributed by atoms with Crippen molar-refractivity contribution in [2.75, 3.05) is 26.9 Å². The lowest BCUT2D eigenvalue weighted by atomic mass is 10.3. The molecule has 0 aromatic carbocycles. The van der Waals surface area contributed by atoms with Crippen molar-refractivity contribution in [1.82, 2.24) is 5.32 Å². The van der Waals surface area contributed by atoms with Gasteiger partial charge in [-0.25, -0.2) is 0 Å². The fraction of sp³-hybridized carbons (Fsp3) is 0.818. The van der Waals surface area contributed by atoms with Crippen molar-refractivity contribution in [3.8, 4) is 0 Å². The van der Waals surface area contributed by atoms with E-state index in [0.29, 0.717) is 38.6 Å². The first-order valence-electron chi connectivity index (χ1n) is 5.81. The number of nitrogens with one attached hydrogen (secondary N) is 1. The molecule has 18 heavy (non-hydrogen) atoms. The second kappa shape index (κ2) is 12.9. The predicted molar refractivity (Wildman–Crippen MR) is 82.2 cm³/mol. The maximum Gasteiger partial charge on any atom is 0.305 e. The van der Waals surface area contributed by atoms with Gasteiger partial charge >= 0.3 is 5.97 Å². The van der Waals surface area contributed by atoms with Gasteiger partial charge in [0, 0.05) is 26.1 Å². The first-order valence-corrected chi connectivity index (χ1v) is 5.81. The summed E-state index contributed by atoms with van der Waals surface area (Å²) < 4.78 is 9.75. The van der Waals surface area contributed by atoms with Gasteiger partial charge in [0.2, 0.25) is 0 Å². The number of halogens is 1. The van der Waals surface area contributed by atoms with E-state index in [1.165, 1.54) is 0 Å². The fourth-order valence-electron chi connectivity index (χ4n) is 1.25. The Bertz CT molecular complexity index is 250. The molecule has 0 aliphatic rings. The van der Waals surface area contributed by atoms with E-state index in [-0.39, 0.29) is 36.0 Å². The van der Waals surface area contributed by atoms with Gasteiger partial charge in [-0.1, -0.05) is 0 Å². The van der Waals surface area contributed by atoms with E-state index < -0.39 is 0 Å². The van der Waals surface area contributed by atoms with Crippen LogP contribution < -0.4 is 11.1 Å². The monoisotopic (exact) mass is 373 g/mol. The summed E-state index contributed by atoms with van der Waals surface area (Å²) in [4.78, 5) is 15.1. The summed E-state index contributed by atoms with van der Waals surface area (Å²) in [5.74, 6) is 0.181. The normalized spacial score (nSPS) is 12.5. The Kier molecular flexibility index (Phi) is 14.1. The number of carbonyl (C=O) groups is 1. The minimum atomic E-state index is -0.193. The van der Waals surface area contributed by atoms with Gasteiger partial charge < -0.3 is 20.5 Å². The highest BCUT2D eigenvalue weighted by atomic mass is 127. The third kappa shape index (κ3) is 11.9. The van der Waals surface area contributed by atoms with Crippen LogP contribution in [0.5, 0.6) is 0 Å². The maximum atomic E-state index is 11.0. The third-order valence-electron chi connectivity index (χ3n) is 1.94. The lowest BCUT2D eigenvalue weighted by molar-refractivity contribution is -0.143. The molecule has 0 aromatic rings. The zero-order chi connectivity index (χ0) is 13.1. The lowest BCUT2D eigenvalue weighted by Gasteiger charge is -2.12. The van der Waals surface area contributed by atoms with Gasteiger partial charge in [0.25, 0.3) is 0 Å². The van der Waals surface area contributed by atoms with Crippen molar-refractivity contribution in [3.63, 3.8) is 0 Å². The first kappa shape index (κ1) is 19.8. The van der Waals surface area contributed by atoms with Crippen LogP contribution in [0.3, 0.4) is 0 Å². The molecule has 3 N–H and O–H groups in total. The molecular weight excluding hydrogens is 349 g/mol. The van der Waals surface area contributed by atoms with Crippen LogP contribution >= 0.6 is 24.0 Å². The second-order valence-corrected chi connectivity index (χ2v) is 3.68. The molecule has 7 heteroatoms. The molecule has 0 saturated heterocycles. The summed E-state index contributed by atoms with van der Waals surface area (Å²) in [6.45, 7) is 5.23. The van der Waals surface area contributed by atoms with E-state index in [1.807, 2.05) is 6.92 Å². The Morgan fingerprint density at radius 2 is 2.17 bits per heavy atom. The van der Waals surface area contributed by atoms with Crippen molar-refractivity contribution in [3.05, 3.63) is 0 Å². The number of nitrogens with zero attached hydrogens (tertiary/aromatic N) is 1. The minimum Gasteiger partial charge on any atom is -0.466 e. The highest BCUT2D eigenvalue weighted by molar-refractivity contribution is 14.0. The zero-order valence-electron chi connectivity index (χ0n) is 11.3. The Morgan fingerprint density at radius 3 is 2.72 bits per heavy atom. The van der Waals surface area contributed by atoms with Gasteiger partial charge in [0.05, 0.1) is 13.2 Å². The predicted octanol–water partition coefficient (Wildman–Crippen LogP) is 0.887. The van der Waals surface area contributed by atoms with Crippen LogP contribution in [0.2, 0.25) is 0 Å². The molecule has 0 aliphatic carbocycles. The summed E-state index contributed by atoms with van der Waals surface area (Å²) in [5.41, 5.74) is 5.65. The summed E-state index contributed by atoms with van der Waals surface area (Å²) in [5, 5.41) is 2.98. The molecule has 108 valence electrons. The molecule has 1 atom stereocenters. The van der Waals surface area contributed by atoms with Gasteiger partial charge in [-0.15, -0.1) is 24.0 Å². The van der Waals surface area contributed by atoms with E-state index >= 15 is 0 Å². The number of esters is 1. The molecule has 0 saturated carbocycles. The number of carbonyl (C=O) groups excluding carboxylic acids is 1. The van der Waals surface area contributed by atoms with Crippen molar-refractivity contribution < 1.29 is 14.3 Å². The number of rotatable bonds is 8. The molecular formula is C11H24IN3O3. The number of hydrogen-bond donors (Lipinski definition) is 2. The highest BCUT2D eigenvalue weighted by Crippen LogP contribution is 1.93. The van der Waals surface area contributed by atoms with Gasteiger partial charge in [-0.3, -0.25) is 9.79 Å². The van der Waals surface area contributed by atoms with Crippen LogP contribution in [0, 0.1) is 0 Å². The quantitative estimate of drug-likeness (QED) is 0.217. The van der Waals surface area contributed by atoms with E-state index in [0.717, 1.165) is 0 Å². The van der Waals surface area contributed by atoms with E-state index in [9.17, 15) is 4.79 Å². The molecule has 0 rings (SSSR count). The van der Waals surface area contributed by atoms with Gasteiger partial charge in [-0.05, 0) is 20.3 Å². The topological polar surface area (TPSA) is 85.9 Å². The molecule has 0 radical (unpaired) electrons. The van der Waals surface area contributed by atoms with Gasteiger partial charge in [0.1, 0.15) is 0 Å². The first-order chi connectivity index (χ1) is 8.10. The number of methoxy groups -OCH3 is 1. The van der Waals surface area contributed by atoms with Gasteiger partial charge in [0.15, 0.2) is 5.96 Å². The molecule has 0 spiro atoms. The second-order valence-electron chi connectivity index (χ2n) is 3.68. The summed E-state index contributed by atoms with van der Waals surface area (Å²) >= 11 is 0. The van der Waals surface area contributed by atoms with Crippen LogP contribution in [0.1, 0.15) is 26.7 Å². The van der Waals surface area contributed by atoms with Gasteiger partial charge in [-0.2, -0.15) is 0 Å². The summed E-state index contributed by atoms with van der Waals surface area (Å²) in [7, 11) is 1.63. The molecule has 6 nitrogen and oxygen atoms in total. The number of guanidine groups is 1. The minimum absolute atomic E-state index is 0. The SMILES string of the molecule is CCOC(=O)CCCN=C(N)NC(C)COC.I. The average molecular weight is 373 g/mol. The van der Waals surface area contributed by atoms with Crippen LogP contribution in [0.25, 0.3) is 0 Å². The molecule has 0 heterocycles. The molecule has 0 bridgehead atoms. The summed E-state index contributed by atoms with van der Waals surface area (Å²) in [6, 6.07) is 0.119. The number of ether oxygens (including phenoxy) is 2. The average Bonchev–Trinajstić information content (AvgIpc) is 2.25. The van der Waals surface area contributed by atoms with Crippen molar-refractivity contribution in [2.45, 2.75) is 32.7 Å². The number of hydrogen-bond acceptors (Lipinski definition) is 4. The van der Waals surface area contributed by atoms with Crippen LogP contribution in [-0.2, 0) is 14.3 Å². The number of nitrogens with two attached hydrogens (primary N) is 1. The largest absolute Gasteiger partial charge is 0.466 e. The van der Waals surface area contributed by atoms with Crippen molar-refractivity contribution >= 4 is 35.9 Å². The lowest BCUT2D eigenvalue weighted by Crippen LogP contribution is -2.40. The van der Waals surface area contributed by atoms with Crippen molar-refractivity contribution in [1.29, 1.82) is 0 Å². The smallest absolute Gasteiger partial charge is 0.305 e. The Balaban J connectivity index is 0. The highest BCUT2D eigenvalue weighted by Gasteiger charge is 2.02. The zero-order valence-corrected chi connectivity index (χ0v) is 13.6. The van der Waals surface area contributed by atoms with Crippen molar-refractivity contribution in [2.24, 2.45) is 10.7 Å². The van der Waals surface area contributed by atoms with E-state index in [4.69, 9.17) is 15.2 Å². The fourth-order valence-corrected chi connectivity index (χ4v) is 1.25. The summed E-state index contributed by atoms with van der Waals surface area (Å²) in [6.07, 6.45) is 1.01. The Morgan fingerprint density at radius 1 is 1.50 bits per heavy atom. The Labute approximate surface area is 126 Å². The molecule has 0 aliphatic heterocycles. The van der Waals surface area contributed by atoms with E-state index in [1.54, 1.807) is 14.0 Å². The molecule has 0 aromatic heterocycles. The molecule has 1 unspecified atom stereocenters. The maximum absolute atomic E-state index is 11.0. The van der Waals surface area contributed by atoms with Crippen LogP contribution in [-0.4, -0.2) is 44.8 Å². The number of aliphatic imine (C=N–C) groups is 1. The molecule has 0 fully saturated rings. The van der Waals surface area contributed by atoms with E-state index in [2.05, 4.69) is 10.3 Å². The van der Waals surface area contributed by atoms with Crippen LogP contribution in [0.15, 0.2) is 4.99 Å². The molecule has 0 amide bonds.